The number of hydrogen-bond acceptors (Lipinski definition) is 4. The molecule has 0 amide bonds. The van der Waals surface area contributed by atoms with Gasteiger partial charge < -0.3 is 29.7 Å². The van der Waals surface area contributed by atoms with Crippen molar-refractivity contribution in [3.05, 3.63) is 88.4 Å². The van der Waals surface area contributed by atoms with Gasteiger partial charge in [0.2, 0.25) is 11.8 Å². The van der Waals surface area contributed by atoms with Gasteiger partial charge in [-0.15, -0.1) is 0 Å². The number of hydrogen-bond donors (Lipinski definition) is 1. The van der Waals surface area contributed by atoms with Crippen LogP contribution in [0.25, 0.3) is 27.6 Å². The summed E-state index contributed by atoms with van der Waals surface area (Å²) in [5.41, 5.74) is 11.0. The number of nitrogens with two attached hydrogens (primary N) is 1. The van der Waals surface area contributed by atoms with Crippen LogP contribution >= 0.6 is 0 Å². The molecule has 0 atom stereocenters. The van der Waals surface area contributed by atoms with Gasteiger partial charge in [-0.3, -0.25) is 9.36 Å². The van der Waals surface area contributed by atoms with E-state index in [0.29, 0.717) is 23.5 Å². The van der Waals surface area contributed by atoms with E-state index in [1.165, 1.54) is 6.33 Å². The van der Waals surface area contributed by atoms with Crippen LogP contribution in [0, 0.1) is 13.8 Å². The Morgan fingerprint density at radius 2 is 1.81 bits per heavy atom. The molecule has 5 aromatic rings. The number of aromatic amines is 1. The molecule has 0 spiro atoms. The lowest BCUT2D eigenvalue weighted by atomic mass is 10.1. The van der Waals surface area contributed by atoms with Crippen molar-refractivity contribution in [2.24, 2.45) is 0 Å². The van der Waals surface area contributed by atoms with Gasteiger partial charge in [-0.1, -0.05) is 36.4 Å². The van der Waals surface area contributed by atoms with Crippen LogP contribution in [0.15, 0.2) is 66.0 Å². The van der Waals surface area contributed by atoms with Crippen LogP contribution in [0.5, 0.6) is 0 Å². The van der Waals surface area contributed by atoms with Crippen molar-refractivity contribution in [3.8, 4) is 5.69 Å². The van der Waals surface area contributed by atoms with Crippen molar-refractivity contribution in [3.63, 3.8) is 0 Å². The summed E-state index contributed by atoms with van der Waals surface area (Å²) >= 11 is 0. The maximum absolute atomic E-state index is 13.7. The van der Waals surface area contributed by atoms with Gasteiger partial charge in [0.15, 0.2) is 5.82 Å². The van der Waals surface area contributed by atoms with E-state index in [1.807, 2.05) is 67.2 Å². The zero-order chi connectivity index (χ0) is 20.8. The number of aryl methyl sites for hydroxylation is 2. The Morgan fingerprint density at radius 3 is 2.61 bits per heavy atom. The van der Waals surface area contributed by atoms with Crippen molar-refractivity contribution >= 4 is 27.8 Å². The number of aromatic nitrogens is 5. The van der Waals surface area contributed by atoms with E-state index in [-0.39, 0.29) is 29.5 Å². The molecule has 156 valence electrons. The second kappa shape index (κ2) is 8.10. The predicted molar refractivity (Wildman–Crippen MR) is 117 cm³/mol. The number of H-pyrrole nitrogens is 1. The lowest BCUT2D eigenvalue weighted by Gasteiger charge is -2.16. The second-order valence-electron chi connectivity index (χ2n) is 7.46. The van der Waals surface area contributed by atoms with Crippen LogP contribution in [-0.2, 0) is 6.54 Å². The molecule has 7 nitrogen and oxygen atoms in total. The molecule has 2 aromatic carbocycles. The molecule has 0 aliphatic carbocycles. The van der Waals surface area contributed by atoms with Gasteiger partial charge in [0.1, 0.15) is 12.9 Å². The highest BCUT2D eigenvalue weighted by atomic mass is 127. The van der Waals surface area contributed by atoms with Gasteiger partial charge in [-0.05, 0) is 42.5 Å². The Balaban J connectivity index is 0.00000231. The minimum atomic E-state index is -0.0236. The third-order valence-corrected chi connectivity index (χ3v) is 5.51. The first-order valence-electron chi connectivity index (χ1n) is 9.72. The number of benzene rings is 2. The maximum atomic E-state index is 13.7. The number of nitrogens with zero attached hydrogens (tertiary/aromatic N) is 4. The van der Waals surface area contributed by atoms with Crippen LogP contribution in [-0.4, -0.2) is 19.1 Å². The Labute approximate surface area is 195 Å². The summed E-state index contributed by atoms with van der Waals surface area (Å²) in [5, 5.41) is 1.66. The van der Waals surface area contributed by atoms with Gasteiger partial charge >= 0.3 is 0 Å². The van der Waals surface area contributed by atoms with Gasteiger partial charge in [-0.25, -0.2) is 14.5 Å². The molecule has 0 fully saturated rings. The van der Waals surface area contributed by atoms with Crippen molar-refractivity contribution < 1.29 is 29.0 Å². The van der Waals surface area contributed by atoms with E-state index in [2.05, 4.69) is 21.0 Å². The molecule has 5 rings (SSSR count). The molecular weight excluding hydrogens is 503 g/mol. The number of imidazole rings is 1. The first kappa shape index (κ1) is 21.0. The largest absolute Gasteiger partial charge is 1.00 e. The smallest absolute Gasteiger partial charge is 0.274 e. The monoisotopic (exact) mass is 524 g/mol. The SMILES string of the molecule is Cc1ccccc1-n1c(Cn2c[nH+]c3c(N)ncnc32)cc2cccc(C)c2c1=O.[I-]. The molecule has 8 heteroatoms. The van der Waals surface area contributed by atoms with Crippen LogP contribution in [0.2, 0.25) is 0 Å². The highest BCUT2D eigenvalue weighted by molar-refractivity contribution is 5.85. The highest BCUT2D eigenvalue weighted by Crippen LogP contribution is 2.22. The van der Waals surface area contributed by atoms with Crippen LogP contribution in [0.4, 0.5) is 5.82 Å². The first-order chi connectivity index (χ1) is 14.5. The van der Waals surface area contributed by atoms with Crippen molar-refractivity contribution in [1.82, 2.24) is 19.1 Å². The third-order valence-electron chi connectivity index (χ3n) is 5.51. The zero-order valence-electron chi connectivity index (χ0n) is 17.1. The van der Waals surface area contributed by atoms with Crippen molar-refractivity contribution in [2.75, 3.05) is 5.73 Å². The Bertz CT molecular complexity index is 1490. The summed E-state index contributed by atoms with van der Waals surface area (Å²) in [7, 11) is 0. The molecular formula is C23H21IN6O. The maximum Gasteiger partial charge on any atom is 0.274 e. The summed E-state index contributed by atoms with van der Waals surface area (Å²) in [6, 6.07) is 15.9. The molecule has 3 N–H and O–H groups in total. The van der Waals surface area contributed by atoms with Crippen LogP contribution < -0.4 is 40.3 Å². The molecule has 0 bridgehead atoms. The summed E-state index contributed by atoms with van der Waals surface area (Å²) < 4.78 is 3.75. The minimum absolute atomic E-state index is 0. The normalized spacial score (nSPS) is 11.0. The minimum Gasteiger partial charge on any atom is -1.00 e. The number of pyridine rings is 1. The number of halogens is 1. The Hall–Kier alpha value is -3.27. The number of fused-ring (bicyclic) bond motifs is 2. The van der Waals surface area contributed by atoms with Gasteiger partial charge in [0, 0.05) is 0 Å². The lowest BCUT2D eigenvalue weighted by molar-refractivity contribution is -0.346. The highest BCUT2D eigenvalue weighted by Gasteiger charge is 2.19. The standard InChI is InChI=1S/C23H20N6O.HI/c1-14-6-3-4-9-18(14)29-17(10-16-8-5-7-15(2)19(16)23(29)30)11-28-13-27-20-21(24)25-12-26-22(20)28;/h3-10,12-13H,11H2,1-2H3,(H2,24,25,26);1H. The molecule has 0 unspecified atom stereocenters. The Kier molecular flexibility index (Phi) is 5.48. The average molecular weight is 524 g/mol. The third kappa shape index (κ3) is 3.46. The molecule has 0 aliphatic rings. The number of anilines is 1. The second-order valence-corrected chi connectivity index (χ2v) is 7.46. The van der Waals surface area contributed by atoms with E-state index in [4.69, 9.17) is 5.73 Å². The summed E-state index contributed by atoms with van der Waals surface area (Å²) in [5.74, 6) is 0.393. The van der Waals surface area contributed by atoms with Crippen molar-refractivity contribution in [2.45, 2.75) is 20.4 Å². The van der Waals surface area contributed by atoms with Gasteiger partial charge in [-0.2, -0.15) is 4.98 Å². The quantitative estimate of drug-likeness (QED) is 0.331. The van der Waals surface area contributed by atoms with Crippen molar-refractivity contribution in [1.29, 1.82) is 0 Å². The molecule has 0 aliphatic heterocycles. The van der Waals surface area contributed by atoms with Gasteiger partial charge in [0.25, 0.3) is 11.2 Å². The van der Waals surface area contributed by atoms with Gasteiger partial charge in [0.05, 0.1) is 16.8 Å². The summed E-state index contributed by atoms with van der Waals surface area (Å²) in [6.07, 6.45) is 3.25. The molecule has 0 saturated heterocycles. The van der Waals surface area contributed by atoms with Crippen LogP contribution in [0.1, 0.15) is 16.8 Å². The Morgan fingerprint density at radius 1 is 1.03 bits per heavy atom. The molecule has 3 heterocycles. The zero-order valence-corrected chi connectivity index (χ0v) is 19.3. The fourth-order valence-electron chi connectivity index (χ4n) is 4.03. The fraction of sp³-hybridized carbons (Fsp3) is 0.130. The lowest BCUT2D eigenvalue weighted by Crippen LogP contribution is -3.00. The van der Waals surface area contributed by atoms with E-state index in [1.54, 1.807) is 4.57 Å². The molecule has 0 saturated carbocycles. The topological polar surface area (TPSA) is 92.9 Å². The number of nitrogens with one attached hydrogen (secondary N) is 1. The van der Waals surface area contributed by atoms with E-state index >= 15 is 0 Å². The predicted octanol–water partition coefficient (Wildman–Crippen LogP) is -0.199. The molecule has 3 aromatic heterocycles. The fourth-order valence-corrected chi connectivity index (χ4v) is 4.03. The number of rotatable bonds is 3. The number of nitrogen functional groups attached to an aromatic ring is 1. The number of para-hydroxylation sites is 1. The van der Waals surface area contributed by atoms with E-state index < -0.39 is 0 Å². The van der Waals surface area contributed by atoms with Crippen LogP contribution in [0.3, 0.4) is 0 Å². The summed E-state index contributed by atoms with van der Waals surface area (Å²) in [6.45, 7) is 4.43. The molecule has 31 heavy (non-hydrogen) atoms. The average Bonchev–Trinajstić information content (AvgIpc) is 3.13. The summed E-state index contributed by atoms with van der Waals surface area (Å²) in [4.78, 5) is 25.2. The van der Waals surface area contributed by atoms with E-state index in [0.717, 1.165) is 33.3 Å². The first-order valence-corrected chi connectivity index (χ1v) is 9.72. The van der Waals surface area contributed by atoms with E-state index in [9.17, 15) is 4.79 Å². The molecule has 0 radical (unpaired) electrons.